The van der Waals surface area contributed by atoms with Crippen LogP contribution in [0.15, 0.2) is 6.20 Å². The topological polar surface area (TPSA) is 97.5 Å². The summed E-state index contributed by atoms with van der Waals surface area (Å²) in [6.07, 6.45) is 2.14. The second kappa shape index (κ2) is 6.66. The summed E-state index contributed by atoms with van der Waals surface area (Å²) in [6.45, 7) is 5.83. The fourth-order valence-electron chi connectivity index (χ4n) is 2.43. The zero-order valence-electron chi connectivity index (χ0n) is 12.2. The lowest BCUT2D eigenvalue weighted by atomic mass is 10.0. The van der Waals surface area contributed by atoms with Crippen LogP contribution in [0.5, 0.6) is 0 Å². The van der Waals surface area contributed by atoms with E-state index < -0.39 is 5.97 Å². The van der Waals surface area contributed by atoms with E-state index in [1.807, 2.05) is 0 Å². The van der Waals surface area contributed by atoms with Crippen molar-refractivity contribution < 1.29 is 19.4 Å². The lowest BCUT2D eigenvalue weighted by molar-refractivity contribution is -0.141. The standard InChI is InChI=1S/C13H20N4O4/c1-9(2)5-10-8-21-4-3-17(10)12(18)7-16-6-11(13(19)20)14-15-16/h6,9-10H,3-5,7-8H2,1-2H3,(H,19,20). The molecule has 1 saturated heterocycles. The summed E-state index contributed by atoms with van der Waals surface area (Å²) in [5, 5.41) is 16.0. The van der Waals surface area contributed by atoms with Crippen LogP contribution in [-0.4, -0.2) is 62.7 Å². The number of rotatable bonds is 5. The van der Waals surface area contributed by atoms with Gasteiger partial charge in [0.2, 0.25) is 5.91 Å². The number of ether oxygens (including phenoxy) is 1. The van der Waals surface area contributed by atoms with Crippen LogP contribution in [0.3, 0.4) is 0 Å². The van der Waals surface area contributed by atoms with Crippen molar-refractivity contribution in [2.75, 3.05) is 19.8 Å². The molecule has 1 amide bonds. The Morgan fingerprint density at radius 1 is 1.52 bits per heavy atom. The van der Waals surface area contributed by atoms with Crippen LogP contribution in [0.25, 0.3) is 0 Å². The smallest absolute Gasteiger partial charge is 0.358 e. The van der Waals surface area contributed by atoms with Crippen molar-refractivity contribution in [2.45, 2.75) is 32.9 Å². The fraction of sp³-hybridized carbons (Fsp3) is 0.692. The average Bonchev–Trinajstić information content (AvgIpc) is 2.87. The molecule has 0 radical (unpaired) electrons. The molecule has 1 aliphatic rings. The maximum Gasteiger partial charge on any atom is 0.358 e. The number of carboxylic acids is 1. The van der Waals surface area contributed by atoms with Gasteiger partial charge in [-0.25, -0.2) is 9.48 Å². The van der Waals surface area contributed by atoms with E-state index in [1.165, 1.54) is 10.9 Å². The molecule has 8 heteroatoms. The van der Waals surface area contributed by atoms with Gasteiger partial charge in [0.1, 0.15) is 6.54 Å². The van der Waals surface area contributed by atoms with Gasteiger partial charge in [0.05, 0.1) is 25.5 Å². The molecule has 0 saturated carbocycles. The lowest BCUT2D eigenvalue weighted by Crippen LogP contribution is -2.50. The summed E-state index contributed by atoms with van der Waals surface area (Å²) in [5.41, 5.74) is -0.163. The van der Waals surface area contributed by atoms with Gasteiger partial charge in [0.15, 0.2) is 5.69 Å². The molecule has 1 N–H and O–H groups in total. The Balaban J connectivity index is 2.01. The molecule has 8 nitrogen and oxygen atoms in total. The largest absolute Gasteiger partial charge is 0.476 e. The Kier molecular flexibility index (Phi) is 4.89. The van der Waals surface area contributed by atoms with E-state index in [4.69, 9.17) is 9.84 Å². The van der Waals surface area contributed by atoms with Crippen molar-refractivity contribution in [3.05, 3.63) is 11.9 Å². The van der Waals surface area contributed by atoms with Gasteiger partial charge in [-0.2, -0.15) is 0 Å². The van der Waals surface area contributed by atoms with Crippen LogP contribution in [0.2, 0.25) is 0 Å². The van der Waals surface area contributed by atoms with E-state index in [9.17, 15) is 9.59 Å². The predicted molar refractivity (Wildman–Crippen MR) is 72.8 cm³/mol. The van der Waals surface area contributed by atoms with E-state index in [2.05, 4.69) is 24.2 Å². The molecule has 116 valence electrons. The number of aromatic carboxylic acids is 1. The van der Waals surface area contributed by atoms with Crippen LogP contribution in [0.4, 0.5) is 0 Å². The van der Waals surface area contributed by atoms with Gasteiger partial charge in [-0.3, -0.25) is 4.79 Å². The van der Waals surface area contributed by atoms with Gasteiger partial charge in [-0.15, -0.1) is 5.10 Å². The SMILES string of the molecule is CC(C)CC1COCCN1C(=O)Cn1cc(C(=O)O)nn1. The Labute approximate surface area is 122 Å². The van der Waals surface area contributed by atoms with E-state index in [0.29, 0.717) is 25.7 Å². The highest BCUT2D eigenvalue weighted by atomic mass is 16.5. The first kappa shape index (κ1) is 15.4. The van der Waals surface area contributed by atoms with Crippen molar-refractivity contribution >= 4 is 11.9 Å². The number of nitrogens with zero attached hydrogens (tertiary/aromatic N) is 4. The molecular weight excluding hydrogens is 276 g/mol. The van der Waals surface area contributed by atoms with Gasteiger partial charge < -0.3 is 14.7 Å². The average molecular weight is 296 g/mol. The minimum atomic E-state index is -1.15. The minimum Gasteiger partial charge on any atom is -0.476 e. The highest BCUT2D eigenvalue weighted by Crippen LogP contribution is 2.16. The molecule has 1 aliphatic heterocycles. The van der Waals surface area contributed by atoms with Crippen LogP contribution >= 0.6 is 0 Å². The summed E-state index contributed by atoms with van der Waals surface area (Å²) in [7, 11) is 0. The summed E-state index contributed by atoms with van der Waals surface area (Å²) in [6, 6.07) is 0.0636. The van der Waals surface area contributed by atoms with Gasteiger partial charge in [-0.05, 0) is 12.3 Å². The third kappa shape index (κ3) is 4.01. The zero-order valence-corrected chi connectivity index (χ0v) is 12.2. The lowest BCUT2D eigenvalue weighted by Gasteiger charge is -2.36. The van der Waals surface area contributed by atoms with E-state index >= 15 is 0 Å². The molecule has 2 rings (SSSR count). The minimum absolute atomic E-state index is 0.00508. The molecular formula is C13H20N4O4. The molecule has 0 spiro atoms. The van der Waals surface area contributed by atoms with Crippen molar-refractivity contribution in [3.8, 4) is 0 Å². The molecule has 0 aliphatic carbocycles. The van der Waals surface area contributed by atoms with Crippen molar-refractivity contribution in [1.82, 2.24) is 19.9 Å². The summed E-state index contributed by atoms with van der Waals surface area (Å²) < 4.78 is 6.70. The molecule has 1 fully saturated rings. The molecule has 1 atom stereocenters. The molecule has 1 aromatic rings. The van der Waals surface area contributed by atoms with E-state index in [-0.39, 0.29) is 24.2 Å². The summed E-state index contributed by atoms with van der Waals surface area (Å²) in [5.74, 6) is -0.777. The molecule has 21 heavy (non-hydrogen) atoms. The van der Waals surface area contributed by atoms with Crippen LogP contribution in [0.1, 0.15) is 30.8 Å². The normalized spacial score (nSPS) is 19.0. The van der Waals surface area contributed by atoms with Gasteiger partial charge in [0, 0.05) is 6.54 Å². The highest BCUT2D eigenvalue weighted by Gasteiger charge is 2.28. The number of aromatic nitrogens is 3. The maximum atomic E-state index is 12.4. The number of carboxylic acid groups (broad SMARTS) is 1. The molecule has 0 bridgehead atoms. The second-order valence-electron chi connectivity index (χ2n) is 5.55. The molecule has 1 unspecified atom stereocenters. The van der Waals surface area contributed by atoms with Crippen LogP contribution in [0, 0.1) is 5.92 Å². The van der Waals surface area contributed by atoms with Gasteiger partial charge >= 0.3 is 5.97 Å². The molecule has 0 aromatic carbocycles. The number of hydrogen-bond donors (Lipinski definition) is 1. The van der Waals surface area contributed by atoms with Crippen molar-refractivity contribution in [1.29, 1.82) is 0 Å². The number of hydrogen-bond acceptors (Lipinski definition) is 5. The Hall–Kier alpha value is -1.96. The van der Waals surface area contributed by atoms with Crippen LogP contribution in [-0.2, 0) is 16.1 Å². The van der Waals surface area contributed by atoms with Gasteiger partial charge in [-0.1, -0.05) is 19.1 Å². The first-order chi connectivity index (χ1) is 9.97. The first-order valence-corrected chi connectivity index (χ1v) is 6.98. The Bertz CT molecular complexity index is 514. The summed E-state index contributed by atoms with van der Waals surface area (Å²) in [4.78, 5) is 24.9. The third-order valence-electron chi connectivity index (χ3n) is 3.35. The highest BCUT2D eigenvalue weighted by molar-refractivity contribution is 5.84. The third-order valence-corrected chi connectivity index (χ3v) is 3.35. The number of morpholine rings is 1. The monoisotopic (exact) mass is 296 g/mol. The van der Waals surface area contributed by atoms with E-state index in [1.54, 1.807) is 4.90 Å². The molecule has 2 heterocycles. The predicted octanol–water partition coefficient (Wildman–Crippen LogP) is 0.250. The second-order valence-corrected chi connectivity index (χ2v) is 5.55. The Morgan fingerprint density at radius 3 is 2.90 bits per heavy atom. The molecule has 1 aromatic heterocycles. The van der Waals surface area contributed by atoms with Gasteiger partial charge in [0.25, 0.3) is 0 Å². The Morgan fingerprint density at radius 2 is 2.29 bits per heavy atom. The fourth-order valence-corrected chi connectivity index (χ4v) is 2.43. The number of carbonyl (C=O) groups excluding carboxylic acids is 1. The van der Waals surface area contributed by atoms with Crippen molar-refractivity contribution in [3.63, 3.8) is 0 Å². The maximum absolute atomic E-state index is 12.4. The number of amides is 1. The zero-order chi connectivity index (χ0) is 15.4. The van der Waals surface area contributed by atoms with Crippen LogP contribution < -0.4 is 0 Å². The van der Waals surface area contributed by atoms with E-state index in [0.717, 1.165) is 6.42 Å². The quantitative estimate of drug-likeness (QED) is 0.836. The summed E-state index contributed by atoms with van der Waals surface area (Å²) >= 11 is 0. The first-order valence-electron chi connectivity index (χ1n) is 6.98. The number of carbonyl (C=O) groups is 2. The van der Waals surface area contributed by atoms with Crippen molar-refractivity contribution in [2.24, 2.45) is 5.92 Å².